The highest BCUT2D eigenvalue weighted by atomic mass is 14.8. The number of allylic oxidation sites excluding steroid dienone is 8. The number of hydrogen-bond acceptors (Lipinski definition) is 4. The van der Waals surface area contributed by atoms with Crippen LogP contribution in [0.4, 0.5) is 0 Å². The summed E-state index contributed by atoms with van der Waals surface area (Å²) < 4.78 is 0. The molecule has 0 fully saturated rings. The molecular weight excluding hydrogens is 344 g/mol. The van der Waals surface area contributed by atoms with Crippen LogP contribution >= 0.6 is 0 Å². The Morgan fingerprint density at radius 1 is 1.11 bits per heavy atom. The number of nitrogens with zero attached hydrogens (tertiary/aromatic N) is 2. The average Bonchev–Trinajstić information content (AvgIpc) is 2.96. The second kappa shape index (κ2) is 9.51. The van der Waals surface area contributed by atoms with Gasteiger partial charge in [-0.3, -0.25) is 9.97 Å². The van der Waals surface area contributed by atoms with Crippen LogP contribution in [0.15, 0.2) is 96.7 Å². The van der Waals surface area contributed by atoms with Crippen molar-refractivity contribution in [2.45, 2.75) is 19.8 Å². The zero-order valence-electron chi connectivity index (χ0n) is 16.1. The second-order valence-electron chi connectivity index (χ2n) is 6.62. The van der Waals surface area contributed by atoms with Crippen LogP contribution in [-0.4, -0.2) is 9.97 Å². The summed E-state index contributed by atoms with van der Waals surface area (Å²) in [6, 6.07) is 9.89. The van der Waals surface area contributed by atoms with Gasteiger partial charge in [-0.2, -0.15) is 0 Å². The molecule has 0 radical (unpaired) electrons. The molecule has 2 heterocycles. The van der Waals surface area contributed by atoms with Crippen LogP contribution in [0.2, 0.25) is 0 Å². The van der Waals surface area contributed by atoms with Crippen LogP contribution in [0.5, 0.6) is 0 Å². The molecular formula is C24H26N4. The Kier molecular flexibility index (Phi) is 6.58. The molecule has 4 heteroatoms. The molecule has 1 unspecified atom stereocenters. The predicted octanol–water partition coefficient (Wildman–Crippen LogP) is 4.75. The van der Waals surface area contributed by atoms with Crippen LogP contribution in [-0.2, 0) is 0 Å². The Balaban J connectivity index is 2.03. The molecule has 0 bridgehead atoms. The Morgan fingerprint density at radius 3 is 2.64 bits per heavy atom. The van der Waals surface area contributed by atoms with Crippen molar-refractivity contribution in [2.75, 3.05) is 0 Å². The van der Waals surface area contributed by atoms with Crippen LogP contribution in [0.25, 0.3) is 17.0 Å². The maximum Gasteiger partial charge on any atom is 0.0886 e. The third kappa shape index (κ3) is 4.65. The first-order chi connectivity index (χ1) is 13.7. The Bertz CT molecular complexity index is 932. The lowest BCUT2D eigenvalue weighted by Crippen LogP contribution is -2.03. The fourth-order valence-corrected chi connectivity index (χ4v) is 3.35. The minimum absolute atomic E-state index is 0.259. The molecule has 0 aromatic carbocycles. The minimum Gasteiger partial charge on any atom is -0.405 e. The van der Waals surface area contributed by atoms with Gasteiger partial charge >= 0.3 is 0 Å². The van der Waals surface area contributed by atoms with E-state index >= 15 is 0 Å². The van der Waals surface area contributed by atoms with Gasteiger partial charge in [0.25, 0.3) is 0 Å². The second-order valence-corrected chi connectivity index (χ2v) is 6.62. The van der Waals surface area contributed by atoms with Crippen LogP contribution < -0.4 is 11.5 Å². The van der Waals surface area contributed by atoms with Gasteiger partial charge in [-0.05, 0) is 67.5 Å². The van der Waals surface area contributed by atoms with Crippen molar-refractivity contribution in [3.05, 3.63) is 102 Å². The Labute approximate surface area is 166 Å². The van der Waals surface area contributed by atoms with E-state index in [9.17, 15) is 0 Å². The molecule has 0 spiro atoms. The number of rotatable bonds is 5. The smallest absolute Gasteiger partial charge is 0.0886 e. The Morgan fingerprint density at radius 2 is 1.96 bits per heavy atom. The SMILES string of the molecule is C\C=C/C(=C(\C=C\N)c1ccc(-c2ccccn2)nc1)C1C=CC(N)=CCC1. The fourth-order valence-electron chi connectivity index (χ4n) is 3.35. The lowest BCUT2D eigenvalue weighted by Gasteiger charge is -2.17. The van der Waals surface area contributed by atoms with Gasteiger partial charge in [0.2, 0.25) is 0 Å². The van der Waals surface area contributed by atoms with Crippen molar-refractivity contribution in [3.63, 3.8) is 0 Å². The van der Waals surface area contributed by atoms with E-state index in [2.05, 4.69) is 40.3 Å². The van der Waals surface area contributed by atoms with Crippen molar-refractivity contribution in [1.82, 2.24) is 9.97 Å². The van der Waals surface area contributed by atoms with Gasteiger partial charge in [0, 0.05) is 29.6 Å². The van der Waals surface area contributed by atoms with Crippen molar-refractivity contribution < 1.29 is 0 Å². The van der Waals surface area contributed by atoms with Crippen molar-refractivity contribution in [3.8, 4) is 11.4 Å². The summed E-state index contributed by atoms with van der Waals surface area (Å²) in [4.78, 5) is 9.00. The van der Waals surface area contributed by atoms with Gasteiger partial charge in [0.1, 0.15) is 0 Å². The largest absolute Gasteiger partial charge is 0.405 e. The molecule has 4 N–H and O–H groups in total. The molecule has 0 saturated heterocycles. The summed E-state index contributed by atoms with van der Waals surface area (Å²) >= 11 is 0. The van der Waals surface area contributed by atoms with Crippen LogP contribution in [0.3, 0.4) is 0 Å². The number of pyridine rings is 2. The van der Waals surface area contributed by atoms with E-state index in [0.29, 0.717) is 0 Å². The highest BCUT2D eigenvalue weighted by Crippen LogP contribution is 2.32. The summed E-state index contributed by atoms with van der Waals surface area (Å²) in [5, 5.41) is 0. The monoisotopic (exact) mass is 370 g/mol. The summed E-state index contributed by atoms with van der Waals surface area (Å²) in [6.07, 6.45) is 19.6. The molecule has 1 aliphatic carbocycles. The van der Waals surface area contributed by atoms with E-state index in [0.717, 1.165) is 41.1 Å². The van der Waals surface area contributed by atoms with Crippen molar-refractivity contribution in [2.24, 2.45) is 17.4 Å². The predicted molar refractivity (Wildman–Crippen MR) is 117 cm³/mol. The highest BCUT2D eigenvalue weighted by molar-refractivity contribution is 5.79. The zero-order valence-corrected chi connectivity index (χ0v) is 16.1. The summed E-state index contributed by atoms with van der Waals surface area (Å²) in [5.74, 6) is 0.259. The number of hydrogen-bond donors (Lipinski definition) is 2. The lowest BCUT2D eigenvalue weighted by atomic mass is 9.87. The van der Waals surface area contributed by atoms with Gasteiger partial charge in [-0.25, -0.2) is 0 Å². The first kappa shape index (κ1) is 19.4. The van der Waals surface area contributed by atoms with Gasteiger partial charge in [-0.1, -0.05) is 36.4 Å². The van der Waals surface area contributed by atoms with Gasteiger partial charge in [0.15, 0.2) is 0 Å². The maximum absolute atomic E-state index is 5.98. The molecule has 1 atom stereocenters. The molecule has 0 aliphatic heterocycles. The van der Waals surface area contributed by atoms with Crippen molar-refractivity contribution in [1.29, 1.82) is 0 Å². The van der Waals surface area contributed by atoms with Gasteiger partial charge < -0.3 is 11.5 Å². The molecule has 3 rings (SSSR count). The van der Waals surface area contributed by atoms with E-state index in [-0.39, 0.29) is 5.92 Å². The maximum atomic E-state index is 5.98. The molecule has 4 nitrogen and oxygen atoms in total. The zero-order chi connectivity index (χ0) is 19.8. The number of nitrogens with two attached hydrogens (primary N) is 2. The van der Waals surface area contributed by atoms with E-state index in [1.165, 1.54) is 5.57 Å². The summed E-state index contributed by atoms with van der Waals surface area (Å²) in [7, 11) is 0. The van der Waals surface area contributed by atoms with Crippen molar-refractivity contribution >= 4 is 5.57 Å². The average molecular weight is 371 g/mol. The summed E-state index contributed by atoms with van der Waals surface area (Å²) in [6.45, 7) is 2.03. The quantitative estimate of drug-likeness (QED) is 0.744. The third-order valence-corrected chi connectivity index (χ3v) is 4.70. The first-order valence-electron chi connectivity index (χ1n) is 9.49. The molecule has 0 amide bonds. The molecule has 28 heavy (non-hydrogen) atoms. The van der Waals surface area contributed by atoms with E-state index in [1.54, 1.807) is 12.4 Å². The van der Waals surface area contributed by atoms with Gasteiger partial charge in [0.05, 0.1) is 11.4 Å². The highest BCUT2D eigenvalue weighted by Gasteiger charge is 2.16. The summed E-state index contributed by atoms with van der Waals surface area (Å²) in [5.41, 5.74) is 17.6. The Hall–Kier alpha value is -3.40. The lowest BCUT2D eigenvalue weighted by molar-refractivity contribution is 0.704. The third-order valence-electron chi connectivity index (χ3n) is 4.70. The topological polar surface area (TPSA) is 77.8 Å². The van der Waals surface area contributed by atoms with E-state index in [4.69, 9.17) is 11.5 Å². The van der Waals surface area contributed by atoms with E-state index in [1.807, 2.05) is 49.5 Å². The standard InChI is InChI=1S/C24H26N4/c1-2-6-21(18-7-5-8-20(26)12-10-18)22(14-15-25)19-11-13-24(28-17-19)23-9-3-4-16-27-23/h2-4,6,8-18H,5,7,25-26H2,1H3/b6-2-,15-14+,22-21-. The first-order valence-corrected chi connectivity index (χ1v) is 9.49. The fraction of sp³-hybridized carbons (Fsp3) is 0.167. The minimum atomic E-state index is 0.259. The molecule has 2 aromatic heterocycles. The van der Waals surface area contributed by atoms with Gasteiger partial charge in [-0.15, -0.1) is 0 Å². The molecule has 2 aromatic rings. The van der Waals surface area contributed by atoms with Crippen LogP contribution in [0.1, 0.15) is 25.3 Å². The molecule has 0 saturated carbocycles. The molecule has 142 valence electrons. The number of aromatic nitrogens is 2. The molecule has 1 aliphatic rings. The van der Waals surface area contributed by atoms with Crippen LogP contribution in [0, 0.1) is 5.92 Å². The van der Waals surface area contributed by atoms with E-state index < -0.39 is 0 Å². The normalized spacial score (nSPS) is 18.2.